The standard InChI is InChI=1S/C26H32N4O2/c1-4-10-30-19(3)18(2)22-16-23(26(31)28-12-14-32-15-13-28)27-25(24(22)30)29-11-9-20-7-5-6-8-21(20)17-29/h5-8,16H,4,9-15,17H2,1-3H3. The highest BCUT2D eigenvalue weighted by molar-refractivity contribution is 6.01. The van der Waals surface area contributed by atoms with E-state index in [2.05, 4.69) is 54.5 Å². The highest BCUT2D eigenvalue weighted by atomic mass is 16.5. The third kappa shape index (κ3) is 3.56. The summed E-state index contributed by atoms with van der Waals surface area (Å²) in [6, 6.07) is 10.7. The number of carbonyl (C=O) groups excluding carboxylic acids is 1. The molecule has 1 amide bonds. The second kappa shape index (κ2) is 8.58. The van der Waals surface area contributed by atoms with Crippen LogP contribution in [0.1, 0.15) is 46.2 Å². The molecule has 0 N–H and O–H groups in total. The van der Waals surface area contributed by atoms with E-state index in [1.165, 1.54) is 27.9 Å². The summed E-state index contributed by atoms with van der Waals surface area (Å²) in [6.45, 7) is 11.7. The number of fused-ring (bicyclic) bond motifs is 2. The number of aromatic nitrogens is 2. The van der Waals surface area contributed by atoms with Crippen LogP contribution >= 0.6 is 0 Å². The maximum Gasteiger partial charge on any atom is 0.272 e. The minimum absolute atomic E-state index is 0.00848. The van der Waals surface area contributed by atoms with Crippen molar-refractivity contribution < 1.29 is 9.53 Å². The smallest absolute Gasteiger partial charge is 0.272 e. The lowest BCUT2D eigenvalue weighted by molar-refractivity contribution is 0.0299. The van der Waals surface area contributed by atoms with Gasteiger partial charge in [0.25, 0.3) is 5.91 Å². The molecule has 168 valence electrons. The Kier molecular flexibility index (Phi) is 5.64. The van der Waals surface area contributed by atoms with Crippen molar-refractivity contribution in [3.8, 4) is 0 Å². The quantitative estimate of drug-likeness (QED) is 0.623. The minimum Gasteiger partial charge on any atom is -0.378 e. The lowest BCUT2D eigenvalue weighted by Crippen LogP contribution is -2.41. The zero-order valence-corrected chi connectivity index (χ0v) is 19.4. The molecule has 1 fully saturated rings. The molecule has 3 aromatic rings. The first-order valence-electron chi connectivity index (χ1n) is 11.8. The Balaban J connectivity index is 1.65. The number of rotatable bonds is 4. The van der Waals surface area contributed by atoms with Crippen LogP contribution in [0, 0.1) is 13.8 Å². The number of hydrogen-bond acceptors (Lipinski definition) is 4. The van der Waals surface area contributed by atoms with Crippen LogP contribution in [-0.2, 0) is 24.2 Å². The molecule has 0 aliphatic carbocycles. The third-order valence-electron chi connectivity index (χ3n) is 6.99. The molecule has 2 aliphatic rings. The number of aryl methyl sites for hydroxylation is 2. The van der Waals surface area contributed by atoms with E-state index in [9.17, 15) is 4.79 Å². The Morgan fingerprint density at radius 2 is 1.84 bits per heavy atom. The fourth-order valence-corrected chi connectivity index (χ4v) is 5.08. The summed E-state index contributed by atoms with van der Waals surface area (Å²) >= 11 is 0. The van der Waals surface area contributed by atoms with E-state index < -0.39 is 0 Å². The van der Waals surface area contributed by atoms with Crippen LogP contribution in [0.2, 0.25) is 0 Å². The van der Waals surface area contributed by atoms with Gasteiger partial charge < -0.3 is 19.1 Å². The Morgan fingerprint density at radius 3 is 2.59 bits per heavy atom. The van der Waals surface area contributed by atoms with Crippen LogP contribution in [0.4, 0.5) is 5.82 Å². The van der Waals surface area contributed by atoms with Gasteiger partial charge in [-0.15, -0.1) is 0 Å². The number of morpholine rings is 1. The van der Waals surface area contributed by atoms with E-state index in [0.717, 1.165) is 43.7 Å². The predicted molar refractivity (Wildman–Crippen MR) is 127 cm³/mol. The van der Waals surface area contributed by atoms with Gasteiger partial charge in [-0.1, -0.05) is 31.2 Å². The second-order valence-electron chi connectivity index (χ2n) is 8.93. The average molecular weight is 433 g/mol. The molecule has 32 heavy (non-hydrogen) atoms. The molecule has 0 bridgehead atoms. The molecule has 0 atom stereocenters. The van der Waals surface area contributed by atoms with E-state index in [1.54, 1.807) is 0 Å². The Bertz CT molecular complexity index is 1160. The first kappa shape index (κ1) is 21.0. The maximum atomic E-state index is 13.4. The van der Waals surface area contributed by atoms with Crippen molar-refractivity contribution in [3.05, 3.63) is 58.4 Å². The maximum absolute atomic E-state index is 13.4. The molecule has 1 saturated heterocycles. The van der Waals surface area contributed by atoms with Crippen LogP contribution < -0.4 is 4.90 Å². The molecule has 2 aromatic heterocycles. The zero-order chi connectivity index (χ0) is 22.2. The van der Waals surface area contributed by atoms with E-state index in [1.807, 2.05) is 11.0 Å². The number of hydrogen-bond donors (Lipinski definition) is 0. The van der Waals surface area contributed by atoms with E-state index >= 15 is 0 Å². The fourth-order valence-electron chi connectivity index (χ4n) is 5.08. The average Bonchev–Trinajstić information content (AvgIpc) is 3.08. The number of nitrogens with zero attached hydrogens (tertiary/aromatic N) is 4. The summed E-state index contributed by atoms with van der Waals surface area (Å²) in [5.41, 5.74) is 6.98. The fraction of sp³-hybridized carbons (Fsp3) is 0.462. The molecule has 2 aliphatic heterocycles. The number of pyridine rings is 1. The Morgan fingerprint density at radius 1 is 1.09 bits per heavy atom. The van der Waals surface area contributed by atoms with Gasteiger partial charge in [0, 0.05) is 43.8 Å². The number of benzene rings is 1. The molecular formula is C26H32N4O2. The molecular weight excluding hydrogens is 400 g/mol. The molecule has 0 saturated carbocycles. The Hall–Kier alpha value is -2.86. The van der Waals surface area contributed by atoms with Crippen molar-refractivity contribution in [3.63, 3.8) is 0 Å². The lowest BCUT2D eigenvalue weighted by Gasteiger charge is -2.31. The van der Waals surface area contributed by atoms with Crippen molar-refractivity contribution in [2.24, 2.45) is 0 Å². The van der Waals surface area contributed by atoms with Crippen LogP contribution in [0.15, 0.2) is 30.3 Å². The largest absolute Gasteiger partial charge is 0.378 e. The molecule has 6 heteroatoms. The summed E-state index contributed by atoms with van der Waals surface area (Å²) in [7, 11) is 0. The van der Waals surface area contributed by atoms with Crippen LogP contribution in [0.3, 0.4) is 0 Å². The van der Waals surface area contributed by atoms with Gasteiger partial charge in [-0.2, -0.15) is 0 Å². The van der Waals surface area contributed by atoms with Crippen molar-refractivity contribution in [1.29, 1.82) is 0 Å². The summed E-state index contributed by atoms with van der Waals surface area (Å²) in [6.07, 6.45) is 2.05. The SMILES string of the molecule is CCCn1c(C)c(C)c2cc(C(=O)N3CCOCC3)nc(N3CCc4ccccc4C3)c21. The number of carbonyl (C=O) groups is 1. The Labute approximate surface area is 189 Å². The molecule has 0 spiro atoms. The molecule has 6 nitrogen and oxygen atoms in total. The molecule has 5 rings (SSSR count). The molecule has 1 aromatic carbocycles. The van der Waals surface area contributed by atoms with Crippen molar-refractivity contribution in [2.45, 2.75) is 46.7 Å². The molecule has 0 radical (unpaired) electrons. The van der Waals surface area contributed by atoms with Gasteiger partial charge in [-0.05, 0) is 49.4 Å². The van der Waals surface area contributed by atoms with Gasteiger partial charge in [0.1, 0.15) is 5.69 Å². The van der Waals surface area contributed by atoms with Crippen LogP contribution in [0.5, 0.6) is 0 Å². The highest BCUT2D eigenvalue weighted by Crippen LogP contribution is 2.35. The van der Waals surface area contributed by atoms with Gasteiger partial charge >= 0.3 is 0 Å². The van der Waals surface area contributed by atoms with Crippen LogP contribution in [-0.4, -0.2) is 53.2 Å². The molecule has 0 unspecified atom stereocenters. The van der Waals surface area contributed by atoms with Gasteiger partial charge in [-0.25, -0.2) is 4.98 Å². The van der Waals surface area contributed by atoms with Crippen molar-refractivity contribution in [1.82, 2.24) is 14.5 Å². The topological polar surface area (TPSA) is 50.6 Å². The minimum atomic E-state index is 0.00848. The molecule has 4 heterocycles. The summed E-state index contributed by atoms with van der Waals surface area (Å²) in [5.74, 6) is 0.951. The zero-order valence-electron chi connectivity index (χ0n) is 19.4. The summed E-state index contributed by atoms with van der Waals surface area (Å²) in [5, 5.41) is 1.15. The third-order valence-corrected chi connectivity index (χ3v) is 6.99. The number of amides is 1. The number of anilines is 1. The lowest BCUT2D eigenvalue weighted by atomic mass is 10.00. The summed E-state index contributed by atoms with van der Waals surface area (Å²) in [4.78, 5) is 22.7. The van der Waals surface area contributed by atoms with Gasteiger partial charge in [0.2, 0.25) is 0 Å². The van der Waals surface area contributed by atoms with Crippen LogP contribution in [0.25, 0.3) is 10.9 Å². The highest BCUT2D eigenvalue weighted by Gasteiger charge is 2.27. The van der Waals surface area contributed by atoms with E-state index in [4.69, 9.17) is 9.72 Å². The number of ether oxygens (including phenoxy) is 1. The second-order valence-corrected chi connectivity index (χ2v) is 8.93. The normalized spacial score (nSPS) is 16.5. The van der Waals surface area contributed by atoms with Gasteiger partial charge in [0.05, 0.1) is 18.7 Å². The van der Waals surface area contributed by atoms with E-state index in [-0.39, 0.29) is 5.91 Å². The predicted octanol–water partition coefficient (Wildman–Crippen LogP) is 4.10. The summed E-state index contributed by atoms with van der Waals surface area (Å²) < 4.78 is 7.85. The van der Waals surface area contributed by atoms with Crippen molar-refractivity contribution >= 4 is 22.6 Å². The van der Waals surface area contributed by atoms with Gasteiger partial charge in [-0.3, -0.25) is 4.79 Å². The monoisotopic (exact) mass is 432 g/mol. The first-order chi connectivity index (χ1) is 15.6. The van der Waals surface area contributed by atoms with Crippen molar-refractivity contribution in [2.75, 3.05) is 37.7 Å². The first-order valence-corrected chi connectivity index (χ1v) is 11.8. The van der Waals surface area contributed by atoms with Gasteiger partial charge in [0.15, 0.2) is 5.82 Å². The van der Waals surface area contributed by atoms with E-state index in [0.29, 0.717) is 32.0 Å².